The maximum atomic E-state index is 13.5. The lowest BCUT2D eigenvalue weighted by Gasteiger charge is -2.36. The van der Waals surface area contributed by atoms with Crippen LogP contribution in [-0.4, -0.2) is 61.1 Å². The van der Waals surface area contributed by atoms with Crippen molar-refractivity contribution < 1.29 is 14.3 Å². The zero-order chi connectivity index (χ0) is 25.7. The Kier molecular flexibility index (Phi) is 8.33. The number of hydrogen-bond donors (Lipinski definition) is 1. The van der Waals surface area contributed by atoms with Crippen molar-refractivity contribution in [3.05, 3.63) is 58.0 Å². The fraction of sp³-hybridized carbons (Fsp3) is 0.536. The van der Waals surface area contributed by atoms with Crippen LogP contribution in [0.2, 0.25) is 0 Å². The van der Waals surface area contributed by atoms with Gasteiger partial charge in [0, 0.05) is 56.8 Å². The van der Waals surface area contributed by atoms with E-state index in [1.165, 1.54) is 0 Å². The number of hydrogen-bond acceptors (Lipinski definition) is 5. The molecule has 36 heavy (non-hydrogen) atoms. The van der Waals surface area contributed by atoms with Crippen molar-refractivity contribution in [1.82, 2.24) is 14.8 Å². The number of carbonyl (C=O) groups excluding carboxylic acids is 2. The molecule has 2 heterocycles. The molecule has 1 aliphatic carbocycles. The number of ether oxygens (including phenoxy) is 1. The summed E-state index contributed by atoms with van der Waals surface area (Å²) in [6.07, 6.45) is 8.38. The highest BCUT2D eigenvalue weighted by Crippen LogP contribution is 2.29. The molecule has 1 saturated heterocycles. The van der Waals surface area contributed by atoms with Crippen LogP contribution in [0.15, 0.2) is 41.5 Å². The average molecular weight is 495 g/mol. The van der Waals surface area contributed by atoms with Crippen LogP contribution in [0.25, 0.3) is 0 Å². The zero-order valence-electron chi connectivity index (χ0n) is 21.7. The van der Waals surface area contributed by atoms with Gasteiger partial charge >= 0.3 is 0 Å². The van der Waals surface area contributed by atoms with E-state index in [4.69, 9.17) is 4.74 Å². The molecule has 8 heteroatoms. The van der Waals surface area contributed by atoms with Gasteiger partial charge in [0.15, 0.2) is 0 Å². The van der Waals surface area contributed by atoms with Crippen LogP contribution in [-0.2, 0) is 0 Å². The van der Waals surface area contributed by atoms with Crippen LogP contribution in [0.5, 0.6) is 5.75 Å². The third-order valence-corrected chi connectivity index (χ3v) is 7.28. The van der Waals surface area contributed by atoms with E-state index < -0.39 is 11.3 Å². The summed E-state index contributed by atoms with van der Waals surface area (Å²) in [6, 6.07) is 8.09. The van der Waals surface area contributed by atoms with Crippen molar-refractivity contribution in [3.8, 4) is 5.75 Å². The third-order valence-electron chi connectivity index (χ3n) is 7.28. The number of nitrogens with zero attached hydrogens (tertiary/aromatic N) is 3. The monoisotopic (exact) mass is 494 g/mol. The van der Waals surface area contributed by atoms with Crippen LogP contribution in [0, 0.1) is 5.92 Å². The van der Waals surface area contributed by atoms with Crippen LogP contribution in [0.4, 0.5) is 5.69 Å². The van der Waals surface area contributed by atoms with E-state index in [2.05, 4.69) is 24.1 Å². The van der Waals surface area contributed by atoms with Crippen molar-refractivity contribution in [2.24, 2.45) is 5.92 Å². The first-order chi connectivity index (χ1) is 17.4. The van der Waals surface area contributed by atoms with E-state index in [0.29, 0.717) is 38.6 Å². The molecular formula is C28H38N4O4. The minimum absolute atomic E-state index is 0.0633. The van der Waals surface area contributed by atoms with Gasteiger partial charge in [0.05, 0.1) is 7.11 Å². The Morgan fingerprint density at radius 1 is 1.00 bits per heavy atom. The molecule has 1 aromatic carbocycles. The topological polar surface area (TPSA) is 83.9 Å². The molecule has 2 aromatic rings. The molecule has 2 fully saturated rings. The van der Waals surface area contributed by atoms with Crippen molar-refractivity contribution >= 4 is 17.5 Å². The second-order valence-electron chi connectivity index (χ2n) is 10.2. The van der Waals surface area contributed by atoms with Crippen LogP contribution in [0.1, 0.15) is 72.7 Å². The van der Waals surface area contributed by atoms with Crippen molar-refractivity contribution in [2.75, 3.05) is 44.7 Å². The molecule has 0 bridgehead atoms. The van der Waals surface area contributed by atoms with E-state index in [0.717, 1.165) is 43.5 Å². The molecular weight excluding hydrogens is 456 g/mol. The predicted octanol–water partition coefficient (Wildman–Crippen LogP) is 3.71. The number of aromatic nitrogens is 1. The highest BCUT2D eigenvalue weighted by Gasteiger charge is 2.28. The van der Waals surface area contributed by atoms with Gasteiger partial charge in [0.2, 0.25) is 5.43 Å². The Hall–Kier alpha value is -3.29. The van der Waals surface area contributed by atoms with Crippen molar-refractivity contribution in [3.63, 3.8) is 0 Å². The van der Waals surface area contributed by atoms with Gasteiger partial charge in [-0.25, -0.2) is 0 Å². The van der Waals surface area contributed by atoms with Crippen LogP contribution < -0.4 is 20.4 Å². The molecule has 0 unspecified atom stereocenters. The smallest absolute Gasteiger partial charge is 0.259 e. The van der Waals surface area contributed by atoms with Gasteiger partial charge in [0.25, 0.3) is 11.8 Å². The minimum Gasteiger partial charge on any atom is -0.497 e. The lowest BCUT2D eigenvalue weighted by Crippen LogP contribution is -2.50. The molecule has 1 aromatic heterocycles. The fourth-order valence-corrected chi connectivity index (χ4v) is 5.03. The summed E-state index contributed by atoms with van der Waals surface area (Å²) in [6.45, 7) is 7.05. The van der Waals surface area contributed by atoms with Gasteiger partial charge in [-0.05, 0) is 49.4 Å². The second-order valence-corrected chi connectivity index (χ2v) is 10.2. The summed E-state index contributed by atoms with van der Waals surface area (Å²) < 4.78 is 7.18. The predicted molar refractivity (Wildman–Crippen MR) is 141 cm³/mol. The maximum Gasteiger partial charge on any atom is 0.259 e. The maximum absolute atomic E-state index is 13.5. The SMILES string of the molecule is COc1ccc(N2CCN(C(=O)c3cn(C4CCCC4)cc(C(=O)NCCC(C)C)c3=O)CC2)cc1. The molecule has 1 saturated carbocycles. The molecule has 8 nitrogen and oxygen atoms in total. The number of nitrogens with one attached hydrogen (secondary N) is 1. The summed E-state index contributed by atoms with van der Waals surface area (Å²) in [5.74, 6) is 0.563. The quantitative estimate of drug-likeness (QED) is 0.605. The first-order valence-corrected chi connectivity index (χ1v) is 13.1. The Balaban J connectivity index is 1.52. The summed E-state index contributed by atoms with van der Waals surface area (Å²) in [5.41, 5.74) is 0.755. The molecule has 2 aliphatic rings. The highest BCUT2D eigenvalue weighted by atomic mass is 16.5. The largest absolute Gasteiger partial charge is 0.497 e. The number of carbonyl (C=O) groups is 2. The van der Waals surface area contributed by atoms with Gasteiger partial charge in [-0.15, -0.1) is 0 Å². The first-order valence-electron chi connectivity index (χ1n) is 13.1. The summed E-state index contributed by atoms with van der Waals surface area (Å²) >= 11 is 0. The van der Waals surface area contributed by atoms with E-state index in [-0.39, 0.29) is 23.1 Å². The number of piperazine rings is 1. The normalized spacial score (nSPS) is 16.4. The van der Waals surface area contributed by atoms with Gasteiger partial charge in [0.1, 0.15) is 16.9 Å². The van der Waals surface area contributed by atoms with Crippen LogP contribution in [0.3, 0.4) is 0 Å². The van der Waals surface area contributed by atoms with Gasteiger partial charge in [-0.2, -0.15) is 0 Å². The third kappa shape index (κ3) is 5.91. The summed E-state index contributed by atoms with van der Waals surface area (Å²) in [4.78, 5) is 43.8. The molecule has 4 rings (SSSR count). The number of rotatable bonds is 8. The molecule has 1 aliphatic heterocycles. The Morgan fingerprint density at radius 3 is 2.25 bits per heavy atom. The number of anilines is 1. The lowest BCUT2D eigenvalue weighted by atomic mass is 10.1. The van der Waals surface area contributed by atoms with E-state index in [9.17, 15) is 14.4 Å². The Morgan fingerprint density at radius 2 is 1.64 bits per heavy atom. The van der Waals surface area contributed by atoms with Crippen molar-refractivity contribution in [2.45, 2.75) is 52.0 Å². The second kappa shape index (κ2) is 11.6. The highest BCUT2D eigenvalue weighted by molar-refractivity contribution is 5.99. The Labute approximate surface area is 213 Å². The molecule has 2 amide bonds. The molecule has 0 spiro atoms. The van der Waals surface area contributed by atoms with Crippen molar-refractivity contribution in [1.29, 1.82) is 0 Å². The summed E-state index contributed by atoms with van der Waals surface area (Å²) in [7, 11) is 1.64. The number of methoxy groups -OCH3 is 1. The average Bonchev–Trinajstić information content (AvgIpc) is 3.43. The number of benzene rings is 1. The molecule has 1 N–H and O–H groups in total. The van der Waals surface area contributed by atoms with Gasteiger partial charge < -0.3 is 24.4 Å². The van der Waals surface area contributed by atoms with E-state index in [1.54, 1.807) is 24.4 Å². The molecule has 194 valence electrons. The van der Waals surface area contributed by atoms with Gasteiger partial charge in [-0.1, -0.05) is 26.7 Å². The number of amides is 2. The minimum atomic E-state index is -0.478. The fourth-order valence-electron chi connectivity index (χ4n) is 5.03. The zero-order valence-corrected chi connectivity index (χ0v) is 21.7. The first kappa shape index (κ1) is 25.8. The lowest BCUT2D eigenvalue weighted by molar-refractivity contribution is 0.0744. The molecule has 0 radical (unpaired) electrons. The standard InChI is InChI=1S/C28H38N4O4/c1-20(2)12-13-29-27(34)24-18-32(21-6-4-5-7-21)19-25(26(24)33)28(35)31-16-14-30(15-17-31)22-8-10-23(36-3)11-9-22/h8-11,18-21H,4-7,12-17H2,1-3H3,(H,29,34). The molecule has 0 atom stereocenters. The Bertz CT molecular complexity index is 1110. The van der Waals surface area contributed by atoms with Gasteiger partial charge in [-0.3, -0.25) is 14.4 Å². The van der Waals surface area contributed by atoms with E-state index >= 15 is 0 Å². The van der Waals surface area contributed by atoms with Crippen LogP contribution >= 0.6 is 0 Å². The number of pyridine rings is 1. The summed E-state index contributed by atoms with van der Waals surface area (Å²) in [5, 5.41) is 2.87. The van der Waals surface area contributed by atoms with E-state index in [1.807, 2.05) is 28.8 Å².